The van der Waals surface area contributed by atoms with Gasteiger partial charge in [-0.2, -0.15) is 0 Å². The van der Waals surface area contributed by atoms with Crippen molar-refractivity contribution in [3.05, 3.63) is 59.7 Å². The van der Waals surface area contributed by atoms with E-state index in [4.69, 9.17) is 0 Å². The number of nitrogens with one attached hydrogen (secondary N) is 1. The van der Waals surface area contributed by atoms with E-state index in [9.17, 15) is 9.59 Å². The number of carbonyl (C=O) groups excluding carboxylic acids is 2. The van der Waals surface area contributed by atoms with Crippen molar-refractivity contribution in [2.75, 3.05) is 36.4 Å². The van der Waals surface area contributed by atoms with Gasteiger partial charge in [-0.05, 0) is 55.7 Å². The number of anilines is 2. The third kappa shape index (κ3) is 3.97. The molecule has 2 aromatic rings. The molecule has 140 valence electrons. The third-order valence-electron chi connectivity index (χ3n) is 5.41. The molecule has 1 N–H and O–H groups in total. The number of aryl methyl sites for hydroxylation is 1. The second-order valence-electron chi connectivity index (χ2n) is 7.40. The van der Waals surface area contributed by atoms with Crippen LogP contribution in [0.4, 0.5) is 11.4 Å². The fraction of sp³-hybridized carbons (Fsp3) is 0.364. The Morgan fingerprint density at radius 2 is 1.59 bits per heavy atom. The minimum Gasteiger partial charge on any atom is -0.368 e. The molecule has 1 saturated carbocycles. The van der Waals surface area contributed by atoms with Crippen molar-refractivity contribution < 1.29 is 9.59 Å². The van der Waals surface area contributed by atoms with Gasteiger partial charge in [0.25, 0.3) is 5.91 Å². The first-order valence-electron chi connectivity index (χ1n) is 9.62. The lowest BCUT2D eigenvalue weighted by Gasteiger charge is -2.36. The zero-order valence-corrected chi connectivity index (χ0v) is 15.6. The predicted molar refractivity (Wildman–Crippen MR) is 107 cm³/mol. The monoisotopic (exact) mass is 363 g/mol. The summed E-state index contributed by atoms with van der Waals surface area (Å²) in [6.45, 7) is 5.22. The molecule has 0 atom stereocenters. The standard InChI is InChI=1S/C22H25N3O2/c1-16-4-2-3-5-20(16)23-21(26)17-8-10-19(11-9-17)24-12-14-25(15-13-24)22(27)18-6-7-18/h2-5,8-11,18H,6-7,12-15H2,1H3,(H,23,26). The minimum absolute atomic E-state index is 0.101. The Kier molecular flexibility index (Phi) is 4.84. The van der Waals surface area contributed by atoms with Gasteiger partial charge in [-0.15, -0.1) is 0 Å². The lowest BCUT2D eigenvalue weighted by atomic mass is 10.1. The van der Waals surface area contributed by atoms with Gasteiger partial charge in [0, 0.05) is 49.0 Å². The molecule has 0 spiro atoms. The van der Waals surface area contributed by atoms with Crippen molar-refractivity contribution in [2.24, 2.45) is 5.92 Å². The summed E-state index contributed by atoms with van der Waals surface area (Å²) in [5, 5.41) is 2.96. The van der Waals surface area contributed by atoms with Crippen molar-refractivity contribution in [2.45, 2.75) is 19.8 Å². The van der Waals surface area contributed by atoms with Gasteiger partial charge in [0.15, 0.2) is 0 Å². The Morgan fingerprint density at radius 3 is 2.22 bits per heavy atom. The maximum Gasteiger partial charge on any atom is 0.255 e. The van der Waals surface area contributed by atoms with Gasteiger partial charge in [0.2, 0.25) is 5.91 Å². The van der Waals surface area contributed by atoms with Gasteiger partial charge < -0.3 is 15.1 Å². The average molecular weight is 363 g/mol. The number of piperazine rings is 1. The van der Waals surface area contributed by atoms with E-state index in [-0.39, 0.29) is 5.91 Å². The molecular weight excluding hydrogens is 338 g/mol. The molecule has 0 radical (unpaired) electrons. The van der Waals surface area contributed by atoms with Gasteiger partial charge in [-0.3, -0.25) is 9.59 Å². The first kappa shape index (κ1) is 17.6. The van der Waals surface area contributed by atoms with E-state index in [2.05, 4.69) is 10.2 Å². The summed E-state index contributed by atoms with van der Waals surface area (Å²) in [6.07, 6.45) is 2.12. The summed E-state index contributed by atoms with van der Waals surface area (Å²) in [6, 6.07) is 15.5. The molecule has 1 saturated heterocycles. The summed E-state index contributed by atoms with van der Waals surface area (Å²) in [5.41, 5.74) is 3.62. The van der Waals surface area contributed by atoms with Crippen LogP contribution in [-0.4, -0.2) is 42.9 Å². The number of carbonyl (C=O) groups is 2. The molecule has 2 aliphatic rings. The summed E-state index contributed by atoms with van der Waals surface area (Å²) < 4.78 is 0. The van der Waals surface area contributed by atoms with E-state index in [1.807, 2.05) is 60.4 Å². The number of benzene rings is 2. The van der Waals surface area contributed by atoms with E-state index in [1.54, 1.807) is 0 Å². The van der Waals surface area contributed by atoms with Crippen molar-refractivity contribution in [3.8, 4) is 0 Å². The second-order valence-corrected chi connectivity index (χ2v) is 7.40. The molecule has 0 aromatic heterocycles. The smallest absolute Gasteiger partial charge is 0.255 e. The maximum absolute atomic E-state index is 12.5. The molecule has 0 bridgehead atoms. The highest BCUT2D eigenvalue weighted by Crippen LogP contribution is 2.31. The molecule has 27 heavy (non-hydrogen) atoms. The molecule has 5 heteroatoms. The normalized spacial score (nSPS) is 16.9. The molecule has 0 unspecified atom stereocenters. The Morgan fingerprint density at radius 1 is 0.926 bits per heavy atom. The zero-order chi connectivity index (χ0) is 18.8. The number of para-hydroxylation sites is 1. The van der Waals surface area contributed by atoms with Gasteiger partial charge in [-0.25, -0.2) is 0 Å². The average Bonchev–Trinajstić information content (AvgIpc) is 3.55. The quantitative estimate of drug-likeness (QED) is 0.907. The molecule has 1 aliphatic heterocycles. The largest absolute Gasteiger partial charge is 0.368 e. The fourth-order valence-electron chi connectivity index (χ4n) is 3.50. The van der Waals surface area contributed by atoms with Crippen molar-refractivity contribution in [3.63, 3.8) is 0 Å². The van der Waals surface area contributed by atoms with Crippen LogP contribution < -0.4 is 10.2 Å². The van der Waals surface area contributed by atoms with Crippen LogP contribution >= 0.6 is 0 Å². The lowest BCUT2D eigenvalue weighted by Crippen LogP contribution is -2.49. The Labute approximate surface area is 160 Å². The number of hydrogen-bond donors (Lipinski definition) is 1. The molecule has 2 aromatic carbocycles. The van der Waals surface area contributed by atoms with Crippen LogP contribution in [0.3, 0.4) is 0 Å². The Bertz CT molecular complexity index is 835. The van der Waals surface area contributed by atoms with E-state index in [0.29, 0.717) is 17.4 Å². The number of nitrogens with zero attached hydrogens (tertiary/aromatic N) is 2. The van der Waals surface area contributed by atoms with Gasteiger partial charge >= 0.3 is 0 Å². The van der Waals surface area contributed by atoms with Crippen LogP contribution in [0.5, 0.6) is 0 Å². The van der Waals surface area contributed by atoms with Crippen LogP contribution in [0.2, 0.25) is 0 Å². The molecule has 2 fully saturated rings. The molecule has 1 heterocycles. The number of amides is 2. The van der Waals surface area contributed by atoms with Crippen LogP contribution in [0, 0.1) is 12.8 Å². The van der Waals surface area contributed by atoms with Crippen molar-refractivity contribution in [1.82, 2.24) is 4.90 Å². The zero-order valence-electron chi connectivity index (χ0n) is 15.6. The highest BCUT2D eigenvalue weighted by molar-refractivity contribution is 6.04. The molecular formula is C22H25N3O2. The maximum atomic E-state index is 12.5. The summed E-state index contributed by atoms with van der Waals surface area (Å²) >= 11 is 0. The van der Waals surface area contributed by atoms with Crippen LogP contribution in [-0.2, 0) is 4.79 Å². The van der Waals surface area contributed by atoms with Crippen molar-refractivity contribution in [1.29, 1.82) is 0 Å². The van der Waals surface area contributed by atoms with E-state index >= 15 is 0 Å². The van der Waals surface area contributed by atoms with Crippen LogP contribution in [0.15, 0.2) is 48.5 Å². The fourth-order valence-corrected chi connectivity index (χ4v) is 3.50. The highest BCUT2D eigenvalue weighted by Gasteiger charge is 2.34. The minimum atomic E-state index is -0.101. The van der Waals surface area contributed by atoms with Crippen LogP contribution in [0.25, 0.3) is 0 Å². The molecule has 2 amide bonds. The lowest BCUT2D eigenvalue weighted by molar-refractivity contribution is -0.132. The summed E-state index contributed by atoms with van der Waals surface area (Å²) in [7, 11) is 0. The van der Waals surface area contributed by atoms with Crippen LogP contribution in [0.1, 0.15) is 28.8 Å². The summed E-state index contributed by atoms with van der Waals surface area (Å²) in [4.78, 5) is 28.9. The Balaban J connectivity index is 1.35. The highest BCUT2D eigenvalue weighted by atomic mass is 16.2. The van der Waals surface area contributed by atoms with Gasteiger partial charge in [-0.1, -0.05) is 18.2 Å². The third-order valence-corrected chi connectivity index (χ3v) is 5.41. The van der Waals surface area contributed by atoms with Crippen molar-refractivity contribution >= 4 is 23.2 Å². The molecule has 5 nitrogen and oxygen atoms in total. The molecule has 1 aliphatic carbocycles. The summed E-state index contributed by atoms with van der Waals surface area (Å²) in [5.74, 6) is 0.524. The SMILES string of the molecule is Cc1ccccc1NC(=O)c1ccc(N2CCN(C(=O)C3CC3)CC2)cc1. The first-order valence-corrected chi connectivity index (χ1v) is 9.62. The van der Waals surface area contributed by atoms with E-state index in [0.717, 1.165) is 56.0 Å². The Hall–Kier alpha value is -2.82. The number of rotatable bonds is 4. The number of hydrogen-bond acceptors (Lipinski definition) is 3. The topological polar surface area (TPSA) is 52.7 Å². The van der Waals surface area contributed by atoms with Gasteiger partial charge in [0.1, 0.15) is 0 Å². The predicted octanol–water partition coefficient (Wildman–Crippen LogP) is 3.31. The van der Waals surface area contributed by atoms with E-state index in [1.165, 1.54) is 0 Å². The first-order chi connectivity index (χ1) is 13.1. The molecule has 4 rings (SSSR count). The van der Waals surface area contributed by atoms with E-state index < -0.39 is 0 Å². The second kappa shape index (κ2) is 7.43. The van der Waals surface area contributed by atoms with Gasteiger partial charge in [0.05, 0.1) is 0 Å².